The Labute approximate surface area is 119 Å². The van der Waals surface area contributed by atoms with Gasteiger partial charge in [-0.1, -0.05) is 25.1 Å². The molecule has 0 radical (unpaired) electrons. The minimum absolute atomic E-state index is 0.344. The zero-order valence-electron chi connectivity index (χ0n) is 11.3. The van der Waals surface area contributed by atoms with Gasteiger partial charge >= 0.3 is 0 Å². The molecule has 0 amide bonds. The molecule has 20 heavy (non-hydrogen) atoms. The van der Waals surface area contributed by atoms with Crippen LogP contribution in [0.4, 0.5) is 5.69 Å². The standard InChI is InChI=1S/C16H17NO2S/c1-12-9-10-17-16-8-7-14(11-15(12)16)20(18,19)13-5-3-2-4-6-13/h2-8,11-12,17H,9-10H2,1H3. The van der Waals surface area contributed by atoms with E-state index in [0.29, 0.717) is 15.7 Å². The molecule has 0 bridgehead atoms. The molecule has 1 unspecified atom stereocenters. The zero-order chi connectivity index (χ0) is 14.2. The van der Waals surface area contributed by atoms with Crippen LogP contribution < -0.4 is 5.32 Å². The normalized spacial score (nSPS) is 18.1. The molecule has 2 aromatic rings. The molecule has 0 aliphatic carbocycles. The maximum absolute atomic E-state index is 12.6. The Morgan fingerprint density at radius 2 is 1.80 bits per heavy atom. The highest BCUT2D eigenvalue weighted by Crippen LogP contribution is 2.34. The minimum Gasteiger partial charge on any atom is -0.385 e. The van der Waals surface area contributed by atoms with Crippen LogP contribution in [0.25, 0.3) is 0 Å². The van der Waals surface area contributed by atoms with Crippen molar-refractivity contribution in [3.63, 3.8) is 0 Å². The number of fused-ring (bicyclic) bond motifs is 1. The molecular formula is C16H17NO2S. The van der Waals surface area contributed by atoms with Gasteiger partial charge in [-0.15, -0.1) is 0 Å². The Balaban J connectivity index is 2.10. The van der Waals surface area contributed by atoms with Crippen molar-refractivity contribution in [1.29, 1.82) is 0 Å². The summed E-state index contributed by atoms with van der Waals surface area (Å²) in [5.41, 5.74) is 2.14. The Hall–Kier alpha value is -1.81. The first-order valence-corrected chi connectivity index (χ1v) is 8.25. The molecule has 0 fully saturated rings. The van der Waals surface area contributed by atoms with Gasteiger partial charge in [0.1, 0.15) is 0 Å². The molecule has 0 saturated heterocycles. The van der Waals surface area contributed by atoms with Crippen molar-refractivity contribution < 1.29 is 8.42 Å². The summed E-state index contributed by atoms with van der Waals surface area (Å²) in [5, 5.41) is 3.32. The minimum atomic E-state index is -3.42. The summed E-state index contributed by atoms with van der Waals surface area (Å²) in [6.07, 6.45) is 1.03. The molecule has 3 nitrogen and oxygen atoms in total. The lowest BCUT2D eigenvalue weighted by Crippen LogP contribution is -2.15. The van der Waals surface area contributed by atoms with E-state index in [4.69, 9.17) is 0 Å². The van der Waals surface area contributed by atoms with Gasteiger partial charge in [-0.3, -0.25) is 0 Å². The summed E-state index contributed by atoms with van der Waals surface area (Å²) < 4.78 is 25.2. The molecule has 2 aromatic carbocycles. The quantitative estimate of drug-likeness (QED) is 0.920. The van der Waals surface area contributed by atoms with Crippen molar-refractivity contribution >= 4 is 15.5 Å². The van der Waals surface area contributed by atoms with E-state index in [9.17, 15) is 8.42 Å². The fourth-order valence-electron chi connectivity index (χ4n) is 2.59. The smallest absolute Gasteiger partial charge is 0.206 e. The molecule has 1 N–H and O–H groups in total. The first-order valence-electron chi connectivity index (χ1n) is 6.77. The van der Waals surface area contributed by atoms with Gasteiger partial charge in [0.2, 0.25) is 9.84 Å². The first kappa shape index (κ1) is 13.2. The van der Waals surface area contributed by atoms with Crippen LogP contribution in [0.15, 0.2) is 58.3 Å². The molecule has 1 heterocycles. The zero-order valence-corrected chi connectivity index (χ0v) is 12.2. The van der Waals surface area contributed by atoms with Crippen LogP contribution in [0.5, 0.6) is 0 Å². The van der Waals surface area contributed by atoms with Crippen molar-refractivity contribution in [3.05, 3.63) is 54.1 Å². The number of nitrogens with one attached hydrogen (secondary N) is 1. The Bertz CT molecular complexity index is 723. The van der Waals surface area contributed by atoms with Gasteiger partial charge in [-0.25, -0.2) is 8.42 Å². The first-order chi connectivity index (χ1) is 9.59. The molecule has 1 aliphatic rings. The van der Waals surface area contributed by atoms with Crippen molar-refractivity contribution in [2.75, 3.05) is 11.9 Å². The van der Waals surface area contributed by atoms with Crippen LogP contribution in [-0.4, -0.2) is 15.0 Å². The fraction of sp³-hybridized carbons (Fsp3) is 0.250. The molecule has 0 spiro atoms. The van der Waals surface area contributed by atoms with Gasteiger partial charge in [0.05, 0.1) is 9.79 Å². The van der Waals surface area contributed by atoms with Gasteiger partial charge in [0.15, 0.2) is 0 Å². The van der Waals surface area contributed by atoms with Crippen molar-refractivity contribution in [3.8, 4) is 0 Å². The van der Waals surface area contributed by atoms with Gasteiger partial charge in [-0.05, 0) is 48.2 Å². The maximum atomic E-state index is 12.6. The highest BCUT2D eigenvalue weighted by atomic mass is 32.2. The van der Waals surface area contributed by atoms with Gasteiger partial charge < -0.3 is 5.32 Å². The number of rotatable bonds is 2. The average Bonchev–Trinajstić information content (AvgIpc) is 2.48. The summed E-state index contributed by atoms with van der Waals surface area (Å²) in [6.45, 7) is 3.08. The average molecular weight is 287 g/mol. The van der Waals surface area contributed by atoms with E-state index in [1.807, 2.05) is 18.2 Å². The van der Waals surface area contributed by atoms with Crippen LogP contribution in [0, 0.1) is 0 Å². The third kappa shape index (κ3) is 2.20. The SMILES string of the molecule is CC1CCNc2ccc(S(=O)(=O)c3ccccc3)cc21. The van der Waals surface area contributed by atoms with Gasteiger partial charge in [0, 0.05) is 12.2 Å². The topological polar surface area (TPSA) is 46.2 Å². The maximum Gasteiger partial charge on any atom is 0.206 e. The van der Waals surface area contributed by atoms with Crippen LogP contribution in [0.3, 0.4) is 0 Å². The molecule has 0 aromatic heterocycles. The Kier molecular flexibility index (Phi) is 3.26. The van der Waals surface area contributed by atoms with E-state index in [2.05, 4.69) is 12.2 Å². The lowest BCUT2D eigenvalue weighted by atomic mass is 9.93. The van der Waals surface area contributed by atoms with Gasteiger partial charge in [0.25, 0.3) is 0 Å². The number of sulfone groups is 1. The largest absolute Gasteiger partial charge is 0.385 e. The van der Waals surface area contributed by atoms with E-state index in [1.165, 1.54) is 0 Å². The van der Waals surface area contributed by atoms with Gasteiger partial charge in [-0.2, -0.15) is 0 Å². The Morgan fingerprint density at radius 3 is 2.55 bits per heavy atom. The Morgan fingerprint density at radius 1 is 1.05 bits per heavy atom. The van der Waals surface area contributed by atoms with Crippen molar-refractivity contribution in [2.24, 2.45) is 0 Å². The summed E-state index contributed by atoms with van der Waals surface area (Å²) in [4.78, 5) is 0.717. The van der Waals surface area contributed by atoms with Crippen molar-refractivity contribution in [1.82, 2.24) is 0 Å². The lowest BCUT2D eigenvalue weighted by Gasteiger charge is -2.24. The number of hydrogen-bond donors (Lipinski definition) is 1. The number of benzene rings is 2. The highest BCUT2D eigenvalue weighted by molar-refractivity contribution is 7.91. The van der Waals surface area contributed by atoms with E-state index < -0.39 is 9.84 Å². The second kappa shape index (κ2) is 4.94. The third-order valence-electron chi connectivity index (χ3n) is 3.81. The van der Waals surface area contributed by atoms with Crippen LogP contribution in [0.2, 0.25) is 0 Å². The molecular weight excluding hydrogens is 270 g/mol. The monoisotopic (exact) mass is 287 g/mol. The second-order valence-electron chi connectivity index (χ2n) is 5.18. The molecule has 1 atom stereocenters. The van der Waals surface area contributed by atoms with Crippen LogP contribution in [0.1, 0.15) is 24.8 Å². The van der Waals surface area contributed by atoms with E-state index in [-0.39, 0.29) is 0 Å². The summed E-state index contributed by atoms with van der Waals surface area (Å²) in [5.74, 6) is 0.386. The van der Waals surface area contributed by atoms with Crippen molar-refractivity contribution in [2.45, 2.75) is 29.1 Å². The fourth-order valence-corrected chi connectivity index (χ4v) is 3.91. The van der Waals surface area contributed by atoms with Crippen LogP contribution in [-0.2, 0) is 9.84 Å². The lowest BCUT2D eigenvalue weighted by molar-refractivity contribution is 0.595. The predicted molar refractivity (Wildman–Crippen MR) is 79.9 cm³/mol. The molecule has 104 valence electrons. The van der Waals surface area contributed by atoms with E-state index in [1.54, 1.807) is 30.3 Å². The molecule has 3 rings (SSSR count). The summed E-state index contributed by atoms with van der Waals surface area (Å²) in [7, 11) is -3.42. The van der Waals surface area contributed by atoms with E-state index >= 15 is 0 Å². The van der Waals surface area contributed by atoms with E-state index in [0.717, 1.165) is 24.2 Å². The molecule has 0 saturated carbocycles. The number of hydrogen-bond acceptors (Lipinski definition) is 3. The molecule has 1 aliphatic heterocycles. The number of anilines is 1. The third-order valence-corrected chi connectivity index (χ3v) is 5.58. The summed E-state index contributed by atoms with van der Waals surface area (Å²) in [6, 6.07) is 14.0. The van der Waals surface area contributed by atoms with Crippen LogP contribution >= 0.6 is 0 Å². The molecule has 4 heteroatoms. The highest BCUT2D eigenvalue weighted by Gasteiger charge is 2.22. The second-order valence-corrected chi connectivity index (χ2v) is 7.13. The summed E-state index contributed by atoms with van der Waals surface area (Å²) >= 11 is 0. The predicted octanol–water partition coefficient (Wildman–Crippen LogP) is 3.44.